The third kappa shape index (κ3) is 5.23. The number of rotatable bonds is 8. The highest BCUT2D eigenvalue weighted by atomic mass is 32.1. The van der Waals surface area contributed by atoms with Gasteiger partial charge in [0.1, 0.15) is 11.4 Å². The molecule has 1 heterocycles. The molecule has 1 fully saturated rings. The maximum atomic E-state index is 11.7. The van der Waals surface area contributed by atoms with Gasteiger partial charge in [-0.3, -0.25) is 10.1 Å². The molecule has 0 radical (unpaired) electrons. The van der Waals surface area contributed by atoms with Crippen molar-refractivity contribution in [3.8, 4) is 17.2 Å². The molecule has 2 aromatic carbocycles. The van der Waals surface area contributed by atoms with Crippen LogP contribution in [-0.2, 0) is 4.79 Å². The largest absolute Gasteiger partial charge is 0.493 e. The van der Waals surface area contributed by atoms with Gasteiger partial charge in [-0.05, 0) is 60.6 Å². The van der Waals surface area contributed by atoms with Gasteiger partial charge in [-0.2, -0.15) is 0 Å². The van der Waals surface area contributed by atoms with Crippen LogP contribution in [0.3, 0.4) is 0 Å². The van der Waals surface area contributed by atoms with Gasteiger partial charge in [-0.25, -0.2) is 0 Å². The van der Waals surface area contributed by atoms with Crippen molar-refractivity contribution < 1.29 is 19.0 Å². The zero-order valence-electron chi connectivity index (χ0n) is 15.8. The maximum absolute atomic E-state index is 11.7. The fourth-order valence-corrected chi connectivity index (χ4v) is 2.88. The summed E-state index contributed by atoms with van der Waals surface area (Å²) in [5.41, 5.74) is 2.36. The van der Waals surface area contributed by atoms with Crippen LogP contribution in [0, 0.1) is 6.92 Å². The number of ether oxygens (including phenoxy) is 3. The van der Waals surface area contributed by atoms with Crippen LogP contribution in [0.15, 0.2) is 48.2 Å². The van der Waals surface area contributed by atoms with Crippen molar-refractivity contribution in [2.45, 2.75) is 13.3 Å². The minimum Gasteiger partial charge on any atom is -0.493 e. The third-order valence-electron chi connectivity index (χ3n) is 4.02. The van der Waals surface area contributed by atoms with E-state index < -0.39 is 0 Å². The second-order valence-electron chi connectivity index (χ2n) is 6.24. The first kappa shape index (κ1) is 19.7. The van der Waals surface area contributed by atoms with Crippen LogP contribution in [0.2, 0.25) is 0 Å². The number of aryl methyl sites for hydroxylation is 1. The molecule has 0 saturated carbocycles. The van der Waals surface area contributed by atoms with Crippen molar-refractivity contribution in [3.05, 3.63) is 59.3 Å². The molecule has 1 saturated heterocycles. The normalized spacial score (nSPS) is 14.6. The topological polar surface area (TPSA) is 68.8 Å². The summed E-state index contributed by atoms with van der Waals surface area (Å²) in [6.45, 7) is 3.10. The lowest BCUT2D eigenvalue weighted by Gasteiger charge is -2.12. The minimum atomic E-state index is -0.252. The average molecular weight is 398 g/mol. The zero-order chi connectivity index (χ0) is 19.9. The quantitative estimate of drug-likeness (QED) is 0.404. The number of amides is 1. The number of thiocarbonyl (C=S) groups is 1. The highest BCUT2D eigenvalue weighted by molar-refractivity contribution is 7.80. The monoisotopic (exact) mass is 398 g/mol. The van der Waals surface area contributed by atoms with Gasteiger partial charge in [0.25, 0.3) is 5.91 Å². The van der Waals surface area contributed by atoms with Crippen LogP contribution in [0.25, 0.3) is 6.08 Å². The highest BCUT2D eigenvalue weighted by Crippen LogP contribution is 2.29. The molecule has 0 aliphatic carbocycles. The summed E-state index contributed by atoms with van der Waals surface area (Å²) >= 11 is 4.93. The average Bonchev–Trinajstić information content (AvgIpc) is 2.99. The summed E-state index contributed by atoms with van der Waals surface area (Å²) in [7, 11) is 1.58. The molecule has 0 bridgehead atoms. The molecule has 0 spiro atoms. The van der Waals surface area contributed by atoms with Crippen LogP contribution in [0.4, 0.5) is 0 Å². The smallest absolute Gasteiger partial charge is 0.273 e. The van der Waals surface area contributed by atoms with E-state index >= 15 is 0 Å². The van der Waals surface area contributed by atoms with Gasteiger partial charge in [0.05, 0.1) is 20.3 Å². The van der Waals surface area contributed by atoms with Crippen LogP contribution in [-0.4, -0.2) is 31.3 Å². The van der Waals surface area contributed by atoms with Gasteiger partial charge in [-0.15, -0.1) is 0 Å². The van der Waals surface area contributed by atoms with Crippen LogP contribution in [0.1, 0.15) is 17.5 Å². The molecule has 28 heavy (non-hydrogen) atoms. The van der Waals surface area contributed by atoms with Crippen molar-refractivity contribution in [3.63, 3.8) is 0 Å². The summed E-state index contributed by atoms with van der Waals surface area (Å²) < 4.78 is 16.9. The van der Waals surface area contributed by atoms with Crippen molar-refractivity contribution in [2.75, 3.05) is 20.3 Å². The van der Waals surface area contributed by atoms with Gasteiger partial charge in [0.2, 0.25) is 0 Å². The summed E-state index contributed by atoms with van der Waals surface area (Å²) in [6, 6.07) is 13.4. The first-order valence-corrected chi connectivity index (χ1v) is 9.30. The molecule has 0 unspecified atom stereocenters. The molecule has 1 aliphatic rings. The molecule has 6 nitrogen and oxygen atoms in total. The first-order valence-electron chi connectivity index (χ1n) is 8.89. The Morgan fingerprint density at radius 2 is 1.86 bits per heavy atom. The van der Waals surface area contributed by atoms with Gasteiger partial charge in [0, 0.05) is 6.42 Å². The molecular formula is C21H22N2O4S. The van der Waals surface area contributed by atoms with E-state index in [9.17, 15) is 4.79 Å². The molecule has 2 N–H and O–H groups in total. The second-order valence-corrected chi connectivity index (χ2v) is 6.65. The van der Waals surface area contributed by atoms with Crippen LogP contribution < -0.4 is 24.8 Å². The number of benzene rings is 2. The molecule has 3 rings (SSSR count). The number of hydrogen-bond donors (Lipinski definition) is 2. The van der Waals surface area contributed by atoms with Crippen molar-refractivity contribution in [2.24, 2.45) is 0 Å². The Morgan fingerprint density at radius 3 is 2.57 bits per heavy atom. The minimum absolute atomic E-state index is 0.252. The number of carbonyl (C=O) groups is 1. The molecule has 0 aromatic heterocycles. The highest BCUT2D eigenvalue weighted by Gasteiger charge is 2.20. The number of carbonyl (C=O) groups excluding carboxylic acids is 1. The summed E-state index contributed by atoms with van der Waals surface area (Å²) in [6.07, 6.45) is 2.45. The Balaban J connectivity index is 1.53. The van der Waals surface area contributed by atoms with Crippen LogP contribution >= 0.6 is 12.2 Å². The van der Waals surface area contributed by atoms with E-state index in [-0.39, 0.29) is 5.91 Å². The third-order valence-corrected chi connectivity index (χ3v) is 4.23. The molecule has 146 valence electrons. The van der Waals surface area contributed by atoms with Gasteiger partial charge in [0.15, 0.2) is 16.6 Å². The second kappa shape index (κ2) is 9.23. The summed E-state index contributed by atoms with van der Waals surface area (Å²) in [5, 5.41) is 5.64. The molecule has 2 aromatic rings. The van der Waals surface area contributed by atoms with Gasteiger partial charge < -0.3 is 19.5 Å². The predicted octanol–water partition coefficient (Wildman–Crippen LogP) is 3.20. The van der Waals surface area contributed by atoms with Crippen molar-refractivity contribution >= 4 is 29.3 Å². The molecular weight excluding hydrogens is 376 g/mol. The lowest BCUT2D eigenvalue weighted by atomic mass is 10.1. The Bertz CT molecular complexity index is 911. The van der Waals surface area contributed by atoms with Crippen LogP contribution in [0.5, 0.6) is 17.2 Å². The Hall–Kier alpha value is -3.06. The van der Waals surface area contributed by atoms with Gasteiger partial charge in [-0.1, -0.05) is 18.2 Å². The summed E-state index contributed by atoms with van der Waals surface area (Å²) in [4.78, 5) is 11.7. The SMILES string of the molecule is COc1cc(/C=C2\NC(=S)NC2=O)ccc1OCCCOc1cccc(C)c1. The van der Waals surface area contributed by atoms with Crippen molar-refractivity contribution in [1.82, 2.24) is 10.6 Å². The van der Waals surface area contributed by atoms with E-state index in [1.807, 2.05) is 49.4 Å². The Morgan fingerprint density at radius 1 is 1.04 bits per heavy atom. The molecule has 7 heteroatoms. The maximum Gasteiger partial charge on any atom is 0.273 e. The van der Waals surface area contributed by atoms with Gasteiger partial charge >= 0.3 is 0 Å². The first-order chi connectivity index (χ1) is 13.5. The van der Waals surface area contributed by atoms with E-state index in [1.54, 1.807) is 13.2 Å². The van der Waals surface area contributed by atoms with E-state index in [0.29, 0.717) is 35.5 Å². The van der Waals surface area contributed by atoms with E-state index in [4.69, 9.17) is 26.4 Å². The van der Waals surface area contributed by atoms with E-state index in [2.05, 4.69) is 10.6 Å². The van der Waals surface area contributed by atoms with Crippen molar-refractivity contribution in [1.29, 1.82) is 0 Å². The fraction of sp³-hybridized carbons (Fsp3) is 0.238. The standard InChI is InChI=1S/C21H22N2O4S/c1-14-5-3-6-16(11-14)26-9-4-10-27-18-8-7-15(13-19(18)25-2)12-17-20(24)23-21(28)22-17/h3,5-8,11-13H,4,9-10H2,1-2H3,(H2,22,23,24,28)/b17-12-. The summed E-state index contributed by atoms with van der Waals surface area (Å²) in [5.74, 6) is 1.84. The number of nitrogens with one attached hydrogen (secondary N) is 2. The number of hydrogen-bond acceptors (Lipinski definition) is 5. The van der Waals surface area contributed by atoms with E-state index in [1.165, 1.54) is 5.56 Å². The predicted molar refractivity (Wildman–Crippen MR) is 112 cm³/mol. The molecule has 1 aliphatic heterocycles. The Labute approximate surface area is 169 Å². The zero-order valence-corrected chi connectivity index (χ0v) is 16.6. The molecule has 1 amide bonds. The Kier molecular flexibility index (Phi) is 6.49. The lowest BCUT2D eigenvalue weighted by molar-refractivity contribution is -0.115. The lowest BCUT2D eigenvalue weighted by Crippen LogP contribution is -2.21. The fourth-order valence-electron chi connectivity index (χ4n) is 2.68. The number of methoxy groups -OCH3 is 1. The molecule has 0 atom stereocenters. The van der Waals surface area contributed by atoms with E-state index in [0.717, 1.165) is 17.7 Å².